The molecule has 1 aliphatic rings. The standard InChI is InChI=1S/C22H16N2O3/c23-14-16-3-1-15(2-4-16)11-17-7-9-24-22(12-17)27-18-5-6-19-20(25)8-10-26-21(19)13-18/h1-7,9,12-13H,8,10-11H2. The lowest BCUT2D eigenvalue weighted by Gasteiger charge is -2.17. The van der Waals surface area contributed by atoms with Crippen molar-refractivity contribution in [2.45, 2.75) is 12.8 Å². The first kappa shape index (κ1) is 16.8. The topological polar surface area (TPSA) is 72.2 Å². The fraction of sp³-hybridized carbons (Fsp3) is 0.136. The highest BCUT2D eigenvalue weighted by Crippen LogP contribution is 2.31. The van der Waals surface area contributed by atoms with Crippen molar-refractivity contribution in [2.75, 3.05) is 6.61 Å². The zero-order chi connectivity index (χ0) is 18.6. The number of fused-ring (bicyclic) bond motifs is 1. The number of hydrogen-bond donors (Lipinski definition) is 0. The summed E-state index contributed by atoms with van der Waals surface area (Å²) >= 11 is 0. The summed E-state index contributed by atoms with van der Waals surface area (Å²) in [6.45, 7) is 0.396. The van der Waals surface area contributed by atoms with Crippen molar-refractivity contribution in [1.29, 1.82) is 5.26 Å². The zero-order valence-corrected chi connectivity index (χ0v) is 14.5. The van der Waals surface area contributed by atoms with Gasteiger partial charge in [0.2, 0.25) is 5.88 Å². The Balaban J connectivity index is 1.51. The minimum Gasteiger partial charge on any atom is -0.492 e. The second kappa shape index (κ2) is 7.30. The molecule has 3 aromatic rings. The molecule has 0 N–H and O–H groups in total. The van der Waals surface area contributed by atoms with Crippen LogP contribution in [0.1, 0.15) is 33.5 Å². The number of pyridine rings is 1. The molecule has 0 atom stereocenters. The molecule has 2 aromatic carbocycles. The second-order valence-corrected chi connectivity index (χ2v) is 6.27. The first-order valence-corrected chi connectivity index (χ1v) is 8.63. The molecule has 27 heavy (non-hydrogen) atoms. The molecular weight excluding hydrogens is 340 g/mol. The van der Waals surface area contributed by atoms with Crippen LogP contribution in [0.4, 0.5) is 0 Å². The molecule has 0 amide bonds. The maximum atomic E-state index is 11.9. The smallest absolute Gasteiger partial charge is 0.219 e. The fourth-order valence-electron chi connectivity index (χ4n) is 2.97. The highest BCUT2D eigenvalue weighted by atomic mass is 16.5. The van der Waals surface area contributed by atoms with Crippen LogP contribution in [0.5, 0.6) is 17.4 Å². The molecule has 1 aromatic heterocycles. The predicted molar refractivity (Wildman–Crippen MR) is 99.2 cm³/mol. The quantitative estimate of drug-likeness (QED) is 0.697. The van der Waals surface area contributed by atoms with Crippen molar-refractivity contribution >= 4 is 5.78 Å². The summed E-state index contributed by atoms with van der Waals surface area (Å²) in [5.41, 5.74) is 3.39. The number of carbonyl (C=O) groups excluding carboxylic acids is 1. The Hall–Kier alpha value is -3.65. The number of ether oxygens (including phenoxy) is 2. The molecule has 4 rings (SSSR count). The third-order valence-electron chi connectivity index (χ3n) is 4.35. The number of rotatable bonds is 4. The van der Waals surface area contributed by atoms with Crippen LogP contribution in [0.15, 0.2) is 60.8 Å². The molecule has 0 fully saturated rings. The lowest BCUT2D eigenvalue weighted by atomic mass is 10.0. The van der Waals surface area contributed by atoms with E-state index in [-0.39, 0.29) is 5.78 Å². The van der Waals surface area contributed by atoms with Gasteiger partial charge in [-0.2, -0.15) is 5.26 Å². The number of Topliss-reactive ketones (excluding diaryl/α,β-unsaturated/α-hetero) is 1. The average molecular weight is 356 g/mol. The summed E-state index contributed by atoms with van der Waals surface area (Å²) in [7, 11) is 0. The number of carbonyl (C=O) groups is 1. The Bertz CT molecular complexity index is 1040. The van der Waals surface area contributed by atoms with E-state index in [1.807, 2.05) is 36.4 Å². The molecular formula is C22H16N2O3. The van der Waals surface area contributed by atoms with Crippen LogP contribution < -0.4 is 9.47 Å². The first-order valence-electron chi connectivity index (χ1n) is 8.63. The van der Waals surface area contributed by atoms with Crippen LogP contribution in [0.3, 0.4) is 0 Å². The average Bonchev–Trinajstić information content (AvgIpc) is 2.69. The highest BCUT2D eigenvalue weighted by molar-refractivity contribution is 5.99. The zero-order valence-electron chi connectivity index (χ0n) is 14.5. The molecule has 0 radical (unpaired) electrons. The number of hydrogen-bond acceptors (Lipinski definition) is 5. The van der Waals surface area contributed by atoms with E-state index in [0.717, 1.165) is 11.1 Å². The van der Waals surface area contributed by atoms with Gasteiger partial charge in [-0.05, 0) is 47.9 Å². The Morgan fingerprint density at radius 1 is 1.07 bits per heavy atom. The lowest BCUT2D eigenvalue weighted by molar-refractivity contribution is 0.0933. The van der Waals surface area contributed by atoms with Gasteiger partial charge in [0, 0.05) is 24.8 Å². The van der Waals surface area contributed by atoms with E-state index < -0.39 is 0 Å². The minimum absolute atomic E-state index is 0.0883. The van der Waals surface area contributed by atoms with Gasteiger partial charge in [0.05, 0.1) is 23.8 Å². The summed E-state index contributed by atoms with van der Waals surface area (Å²) in [6.07, 6.45) is 2.82. The number of nitriles is 1. The van der Waals surface area contributed by atoms with Gasteiger partial charge in [0.1, 0.15) is 11.5 Å². The normalized spacial score (nSPS) is 12.6. The summed E-state index contributed by atoms with van der Waals surface area (Å²) < 4.78 is 11.4. The molecule has 2 heterocycles. The Labute approximate surface area is 156 Å². The van der Waals surface area contributed by atoms with Gasteiger partial charge < -0.3 is 9.47 Å². The summed E-state index contributed by atoms with van der Waals surface area (Å²) in [4.78, 5) is 16.1. The number of ketones is 1. The van der Waals surface area contributed by atoms with Crippen molar-refractivity contribution in [1.82, 2.24) is 4.98 Å². The van der Waals surface area contributed by atoms with Gasteiger partial charge >= 0.3 is 0 Å². The van der Waals surface area contributed by atoms with Gasteiger partial charge in [-0.1, -0.05) is 12.1 Å². The van der Waals surface area contributed by atoms with Crippen LogP contribution in [0, 0.1) is 11.3 Å². The molecule has 5 nitrogen and oxygen atoms in total. The van der Waals surface area contributed by atoms with E-state index in [9.17, 15) is 4.79 Å². The minimum atomic E-state index is 0.0883. The Morgan fingerprint density at radius 3 is 2.74 bits per heavy atom. The van der Waals surface area contributed by atoms with E-state index in [4.69, 9.17) is 14.7 Å². The van der Waals surface area contributed by atoms with Gasteiger partial charge in [-0.3, -0.25) is 4.79 Å². The van der Waals surface area contributed by atoms with Crippen molar-refractivity contribution in [2.24, 2.45) is 0 Å². The number of aromatic nitrogens is 1. The summed E-state index contributed by atoms with van der Waals surface area (Å²) in [5.74, 6) is 1.69. The first-order chi connectivity index (χ1) is 13.2. The maximum absolute atomic E-state index is 11.9. The number of benzene rings is 2. The summed E-state index contributed by atoms with van der Waals surface area (Å²) in [6, 6.07) is 18.6. The van der Waals surface area contributed by atoms with E-state index in [0.29, 0.717) is 48.0 Å². The van der Waals surface area contributed by atoms with E-state index >= 15 is 0 Å². The van der Waals surface area contributed by atoms with Crippen molar-refractivity contribution in [3.63, 3.8) is 0 Å². The van der Waals surface area contributed by atoms with E-state index in [1.54, 1.807) is 24.4 Å². The second-order valence-electron chi connectivity index (χ2n) is 6.27. The van der Waals surface area contributed by atoms with Crippen LogP contribution >= 0.6 is 0 Å². The van der Waals surface area contributed by atoms with Crippen molar-refractivity contribution in [3.05, 3.63) is 83.0 Å². The monoisotopic (exact) mass is 356 g/mol. The third-order valence-corrected chi connectivity index (χ3v) is 4.35. The molecule has 132 valence electrons. The molecule has 5 heteroatoms. The third kappa shape index (κ3) is 3.80. The largest absolute Gasteiger partial charge is 0.492 e. The van der Waals surface area contributed by atoms with Gasteiger partial charge in [-0.15, -0.1) is 0 Å². The molecule has 0 unspecified atom stereocenters. The molecule has 1 aliphatic heterocycles. The SMILES string of the molecule is N#Cc1ccc(Cc2ccnc(Oc3ccc4c(c3)OCCC4=O)c2)cc1. The predicted octanol–water partition coefficient (Wildman–Crippen LogP) is 4.30. The molecule has 0 saturated heterocycles. The van der Waals surface area contributed by atoms with Crippen LogP contribution in [0.25, 0.3) is 0 Å². The van der Waals surface area contributed by atoms with Crippen molar-refractivity contribution < 1.29 is 14.3 Å². The van der Waals surface area contributed by atoms with Crippen LogP contribution in [0.2, 0.25) is 0 Å². The molecule has 0 bridgehead atoms. The molecule has 0 aliphatic carbocycles. The van der Waals surface area contributed by atoms with Crippen molar-refractivity contribution in [3.8, 4) is 23.4 Å². The van der Waals surface area contributed by atoms with Gasteiger partial charge in [-0.25, -0.2) is 4.98 Å². The maximum Gasteiger partial charge on any atom is 0.219 e. The Kier molecular flexibility index (Phi) is 4.54. The molecule has 0 saturated carbocycles. The number of nitrogens with zero attached hydrogens (tertiary/aromatic N) is 2. The van der Waals surface area contributed by atoms with Crippen LogP contribution in [-0.4, -0.2) is 17.4 Å². The van der Waals surface area contributed by atoms with E-state index in [2.05, 4.69) is 11.1 Å². The summed E-state index contributed by atoms with van der Waals surface area (Å²) in [5, 5.41) is 8.88. The highest BCUT2D eigenvalue weighted by Gasteiger charge is 2.19. The molecule has 0 spiro atoms. The fourth-order valence-corrected chi connectivity index (χ4v) is 2.97. The Morgan fingerprint density at radius 2 is 1.93 bits per heavy atom. The lowest BCUT2D eigenvalue weighted by Crippen LogP contribution is -2.15. The van der Waals surface area contributed by atoms with E-state index in [1.165, 1.54) is 0 Å². The van der Waals surface area contributed by atoms with Crippen LogP contribution in [-0.2, 0) is 6.42 Å². The van der Waals surface area contributed by atoms with Gasteiger partial charge in [0.25, 0.3) is 0 Å². The van der Waals surface area contributed by atoms with Gasteiger partial charge in [0.15, 0.2) is 5.78 Å².